The van der Waals surface area contributed by atoms with E-state index in [1.807, 2.05) is 36.4 Å². The van der Waals surface area contributed by atoms with E-state index in [0.717, 1.165) is 6.42 Å². The summed E-state index contributed by atoms with van der Waals surface area (Å²) in [6.45, 7) is 0. The van der Waals surface area contributed by atoms with Gasteiger partial charge in [0.2, 0.25) is 0 Å². The lowest BCUT2D eigenvalue weighted by atomic mass is 10.1. The number of nitro groups is 1. The molecule has 5 heteroatoms. The largest absolute Gasteiger partial charge is 0.502 e. The van der Waals surface area contributed by atoms with Gasteiger partial charge in [-0.3, -0.25) is 10.1 Å². The minimum Gasteiger partial charge on any atom is -0.502 e. The van der Waals surface area contributed by atoms with Crippen LogP contribution in [-0.4, -0.2) is 10.0 Å². The quantitative estimate of drug-likeness (QED) is 0.492. The van der Waals surface area contributed by atoms with E-state index < -0.39 is 4.92 Å². The smallest absolute Gasteiger partial charge is 0.311 e. The van der Waals surface area contributed by atoms with Gasteiger partial charge < -0.3 is 5.11 Å². The van der Waals surface area contributed by atoms with E-state index in [9.17, 15) is 15.2 Å². The normalized spacial score (nSPS) is 10.8. The van der Waals surface area contributed by atoms with E-state index in [0.29, 0.717) is 5.56 Å². The van der Waals surface area contributed by atoms with Crippen LogP contribution in [0.5, 0.6) is 5.75 Å². The number of nitrogens with zero attached hydrogens (tertiary/aromatic N) is 1. The summed E-state index contributed by atoms with van der Waals surface area (Å²) in [4.78, 5) is 10.1. The lowest BCUT2D eigenvalue weighted by molar-refractivity contribution is -0.385. The average Bonchev–Trinajstić information content (AvgIpc) is 2.42. The molecule has 0 aliphatic carbocycles. The zero-order chi connectivity index (χ0) is 14.5. The van der Waals surface area contributed by atoms with Crippen LogP contribution in [0, 0.1) is 13.7 Å². The number of nitro benzene ring substituents is 1. The number of hydrogen-bond acceptors (Lipinski definition) is 3. The van der Waals surface area contributed by atoms with Gasteiger partial charge in [0.15, 0.2) is 5.75 Å². The molecule has 2 rings (SSSR count). The van der Waals surface area contributed by atoms with Crippen LogP contribution in [0.4, 0.5) is 5.69 Å². The lowest BCUT2D eigenvalue weighted by Gasteiger charge is -1.99. The predicted octanol–water partition coefficient (Wildman–Crippen LogP) is 4.16. The first-order valence-electron chi connectivity index (χ1n) is 5.94. The van der Waals surface area contributed by atoms with Crippen molar-refractivity contribution in [2.24, 2.45) is 0 Å². The van der Waals surface area contributed by atoms with Gasteiger partial charge in [-0.1, -0.05) is 30.4 Å². The molecule has 0 bridgehead atoms. The molecule has 0 atom stereocenters. The van der Waals surface area contributed by atoms with Gasteiger partial charge in [-0.15, -0.1) is 0 Å². The highest BCUT2D eigenvalue weighted by molar-refractivity contribution is 14.1. The Labute approximate surface area is 130 Å². The van der Waals surface area contributed by atoms with Crippen LogP contribution in [0.1, 0.15) is 11.1 Å². The number of benzene rings is 2. The van der Waals surface area contributed by atoms with Crippen molar-refractivity contribution in [2.75, 3.05) is 0 Å². The number of aromatic hydroxyl groups is 1. The maximum Gasteiger partial charge on any atom is 0.311 e. The van der Waals surface area contributed by atoms with Crippen molar-refractivity contribution in [1.82, 2.24) is 0 Å². The highest BCUT2D eigenvalue weighted by atomic mass is 127. The first-order valence-corrected chi connectivity index (χ1v) is 7.02. The summed E-state index contributed by atoms with van der Waals surface area (Å²) < 4.78 is 1.18. The van der Waals surface area contributed by atoms with Gasteiger partial charge in [0.05, 0.1) is 4.92 Å². The zero-order valence-corrected chi connectivity index (χ0v) is 12.6. The van der Waals surface area contributed by atoms with Crippen molar-refractivity contribution >= 4 is 34.4 Å². The Morgan fingerprint density at radius 1 is 1.20 bits per heavy atom. The molecule has 2 aromatic rings. The third-order valence-corrected chi connectivity index (χ3v) is 3.49. The molecule has 0 saturated carbocycles. The highest BCUT2D eigenvalue weighted by Gasteiger charge is 2.12. The van der Waals surface area contributed by atoms with Crippen molar-refractivity contribution < 1.29 is 10.0 Å². The predicted molar refractivity (Wildman–Crippen MR) is 86.7 cm³/mol. The summed E-state index contributed by atoms with van der Waals surface area (Å²) in [5.41, 5.74) is 1.59. The molecule has 2 aromatic carbocycles. The Kier molecular flexibility index (Phi) is 4.73. The lowest BCUT2D eigenvalue weighted by Crippen LogP contribution is -1.89. The third kappa shape index (κ3) is 3.80. The average molecular weight is 381 g/mol. The molecular weight excluding hydrogens is 369 g/mol. The number of halogens is 1. The number of allylic oxidation sites excluding steroid dienone is 1. The molecule has 0 aromatic heterocycles. The van der Waals surface area contributed by atoms with Crippen LogP contribution in [0.2, 0.25) is 0 Å². The summed E-state index contributed by atoms with van der Waals surface area (Å²) in [5.74, 6) is -0.315. The minimum absolute atomic E-state index is 0.276. The molecule has 0 spiro atoms. The molecule has 0 amide bonds. The summed E-state index contributed by atoms with van der Waals surface area (Å²) >= 11 is 2.25. The van der Waals surface area contributed by atoms with Gasteiger partial charge in [0.25, 0.3) is 0 Å². The summed E-state index contributed by atoms with van der Waals surface area (Å²) in [5, 5.41) is 20.1. The highest BCUT2D eigenvalue weighted by Crippen LogP contribution is 2.26. The maximum absolute atomic E-state index is 10.7. The molecule has 102 valence electrons. The maximum atomic E-state index is 10.7. The van der Waals surface area contributed by atoms with Crippen molar-refractivity contribution in [2.45, 2.75) is 6.42 Å². The topological polar surface area (TPSA) is 63.4 Å². The van der Waals surface area contributed by atoms with Crippen molar-refractivity contribution in [3.63, 3.8) is 0 Å². The SMILES string of the molecule is O=[N+]([O-])c1cc(/C=C/Cc2ccc(I)cc2)ccc1O. The van der Waals surface area contributed by atoms with Crippen molar-refractivity contribution in [3.05, 3.63) is 73.4 Å². The molecule has 0 saturated heterocycles. The minimum atomic E-state index is -0.591. The number of hydrogen-bond donors (Lipinski definition) is 1. The van der Waals surface area contributed by atoms with E-state index in [-0.39, 0.29) is 11.4 Å². The van der Waals surface area contributed by atoms with Gasteiger partial charge in [-0.05, 0) is 58.3 Å². The Balaban J connectivity index is 2.10. The van der Waals surface area contributed by atoms with Crippen molar-refractivity contribution in [3.8, 4) is 5.75 Å². The van der Waals surface area contributed by atoms with E-state index in [1.165, 1.54) is 21.3 Å². The van der Waals surface area contributed by atoms with Crippen LogP contribution in [0.15, 0.2) is 48.5 Å². The molecule has 0 aliphatic heterocycles. The van der Waals surface area contributed by atoms with E-state index in [4.69, 9.17) is 0 Å². The Morgan fingerprint density at radius 3 is 2.55 bits per heavy atom. The molecule has 0 fully saturated rings. The fourth-order valence-electron chi connectivity index (χ4n) is 1.74. The summed E-state index contributed by atoms with van der Waals surface area (Å²) in [6, 6.07) is 12.5. The van der Waals surface area contributed by atoms with Gasteiger partial charge in [0, 0.05) is 9.64 Å². The fraction of sp³-hybridized carbons (Fsp3) is 0.0667. The second-order valence-electron chi connectivity index (χ2n) is 4.24. The van der Waals surface area contributed by atoms with Gasteiger partial charge in [-0.25, -0.2) is 0 Å². The van der Waals surface area contributed by atoms with Gasteiger partial charge >= 0.3 is 5.69 Å². The van der Waals surface area contributed by atoms with E-state index in [1.54, 1.807) is 6.07 Å². The monoisotopic (exact) mass is 381 g/mol. The number of phenols is 1. The van der Waals surface area contributed by atoms with Crippen molar-refractivity contribution in [1.29, 1.82) is 0 Å². The second-order valence-corrected chi connectivity index (χ2v) is 5.48. The molecular formula is C15H12INO3. The standard InChI is InChI=1S/C15H12INO3/c16-13-7-4-11(5-8-13)2-1-3-12-6-9-15(18)14(10-12)17(19)20/h1,3-10,18H,2H2/b3-1+. The van der Waals surface area contributed by atoms with Crippen LogP contribution in [-0.2, 0) is 6.42 Å². The fourth-order valence-corrected chi connectivity index (χ4v) is 2.10. The molecule has 0 aliphatic rings. The number of rotatable bonds is 4. The van der Waals surface area contributed by atoms with E-state index >= 15 is 0 Å². The first-order chi connectivity index (χ1) is 9.56. The molecule has 20 heavy (non-hydrogen) atoms. The Hall–Kier alpha value is -1.89. The molecule has 0 heterocycles. The van der Waals surface area contributed by atoms with Crippen LogP contribution in [0.25, 0.3) is 6.08 Å². The van der Waals surface area contributed by atoms with E-state index in [2.05, 4.69) is 22.6 Å². The number of phenolic OH excluding ortho intramolecular Hbond substituents is 1. The Bertz CT molecular complexity index is 651. The zero-order valence-electron chi connectivity index (χ0n) is 10.5. The summed E-state index contributed by atoms with van der Waals surface area (Å²) in [6.07, 6.45) is 4.51. The molecule has 0 radical (unpaired) electrons. The second kappa shape index (κ2) is 6.51. The van der Waals surface area contributed by atoms with Crippen LogP contribution >= 0.6 is 22.6 Å². The first kappa shape index (κ1) is 14.5. The third-order valence-electron chi connectivity index (χ3n) is 2.77. The Morgan fingerprint density at radius 2 is 1.90 bits per heavy atom. The molecule has 4 nitrogen and oxygen atoms in total. The van der Waals surface area contributed by atoms with Crippen LogP contribution < -0.4 is 0 Å². The molecule has 0 unspecified atom stereocenters. The van der Waals surface area contributed by atoms with Gasteiger partial charge in [0.1, 0.15) is 0 Å². The van der Waals surface area contributed by atoms with Gasteiger partial charge in [-0.2, -0.15) is 0 Å². The molecule has 1 N–H and O–H groups in total. The summed E-state index contributed by atoms with van der Waals surface area (Å²) in [7, 11) is 0. The van der Waals surface area contributed by atoms with Crippen LogP contribution in [0.3, 0.4) is 0 Å².